The molecule has 2 heterocycles. The highest BCUT2D eigenvalue weighted by molar-refractivity contribution is 7.17. The average molecular weight is 378 g/mol. The Morgan fingerprint density at radius 1 is 1.07 bits per heavy atom. The number of thiophene rings is 1. The van der Waals surface area contributed by atoms with Crippen molar-refractivity contribution in [2.24, 2.45) is 0 Å². The van der Waals surface area contributed by atoms with Crippen LogP contribution in [0, 0.1) is 0 Å². The van der Waals surface area contributed by atoms with E-state index < -0.39 is 6.10 Å². The summed E-state index contributed by atoms with van der Waals surface area (Å²) < 4.78 is 7.01. The van der Waals surface area contributed by atoms with Crippen LogP contribution in [0.15, 0.2) is 77.2 Å². The van der Waals surface area contributed by atoms with Crippen LogP contribution in [-0.4, -0.2) is 27.4 Å². The van der Waals surface area contributed by atoms with Crippen molar-refractivity contribution in [3.8, 4) is 16.9 Å². The molecule has 0 radical (unpaired) electrons. The van der Waals surface area contributed by atoms with Gasteiger partial charge in [-0.2, -0.15) is 0 Å². The van der Waals surface area contributed by atoms with Crippen molar-refractivity contribution in [1.29, 1.82) is 0 Å². The third kappa shape index (κ3) is 3.77. The zero-order valence-corrected chi connectivity index (χ0v) is 15.3. The normalized spacial score (nSPS) is 12.2. The number of hydrogen-bond acceptors (Lipinski definition) is 5. The predicted octanol–water partition coefficient (Wildman–Crippen LogP) is 3.56. The van der Waals surface area contributed by atoms with E-state index in [-0.39, 0.29) is 18.7 Å². The van der Waals surface area contributed by atoms with Gasteiger partial charge in [-0.25, -0.2) is 4.98 Å². The fourth-order valence-electron chi connectivity index (χ4n) is 2.92. The number of ether oxygens (including phenoxy) is 1. The van der Waals surface area contributed by atoms with Crippen molar-refractivity contribution in [2.75, 3.05) is 6.61 Å². The number of hydrogen-bond donors (Lipinski definition) is 1. The Morgan fingerprint density at radius 3 is 2.52 bits per heavy atom. The summed E-state index contributed by atoms with van der Waals surface area (Å²) >= 11 is 1.45. The van der Waals surface area contributed by atoms with E-state index in [2.05, 4.69) is 4.98 Å². The number of fused-ring (bicyclic) bond motifs is 1. The first-order chi connectivity index (χ1) is 13.2. The average Bonchev–Trinajstić information content (AvgIpc) is 3.15. The van der Waals surface area contributed by atoms with Crippen molar-refractivity contribution in [2.45, 2.75) is 12.6 Å². The summed E-state index contributed by atoms with van der Waals surface area (Å²) in [7, 11) is 0. The van der Waals surface area contributed by atoms with Crippen LogP contribution in [0.3, 0.4) is 0 Å². The topological polar surface area (TPSA) is 64.4 Å². The lowest BCUT2D eigenvalue weighted by Crippen LogP contribution is -2.30. The molecule has 2 aromatic carbocycles. The van der Waals surface area contributed by atoms with Crippen molar-refractivity contribution < 1.29 is 9.84 Å². The van der Waals surface area contributed by atoms with E-state index in [1.54, 1.807) is 0 Å². The standard InChI is InChI=1S/C21H18N2O3S/c24-16(12-26-17-9-5-2-6-10-17)11-23-14-22-20-19(21(23)25)18(13-27-20)15-7-3-1-4-8-15/h1-10,13-14,16,24H,11-12H2/t16-/m1/s1. The zero-order chi connectivity index (χ0) is 18.6. The van der Waals surface area contributed by atoms with E-state index in [1.165, 1.54) is 22.2 Å². The van der Waals surface area contributed by atoms with Crippen LogP contribution in [0.25, 0.3) is 21.3 Å². The summed E-state index contributed by atoms with van der Waals surface area (Å²) in [5, 5.41) is 12.8. The molecule has 0 aliphatic carbocycles. The molecule has 2 aromatic heterocycles. The number of para-hydroxylation sites is 1. The van der Waals surface area contributed by atoms with Gasteiger partial charge in [0, 0.05) is 10.9 Å². The number of aromatic nitrogens is 2. The Bertz CT molecular complexity index is 1090. The number of benzene rings is 2. The van der Waals surface area contributed by atoms with Crippen molar-refractivity contribution in [3.63, 3.8) is 0 Å². The molecular formula is C21H18N2O3S. The first-order valence-corrected chi connectivity index (χ1v) is 9.48. The molecule has 4 rings (SSSR count). The van der Waals surface area contributed by atoms with E-state index >= 15 is 0 Å². The molecular weight excluding hydrogens is 360 g/mol. The van der Waals surface area contributed by atoms with Gasteiger partial charge in [-0.05, 0) is 17.7 Å². The smallest absolute Gasteiger partial charge is 0.262 e. The number of rotatable bonds is 6. The van der Waals surface area contributed by atoms with Crippen LogP contribution < -0.4 is 10.3 Å². The highest BCUT2D eigenvalue weighted by atomic mass is 32.1. The molecule has 0 aliphatic rings. The SMILES string of the molecule is O=c1c2c(-c3ccccc3)csc2ncn1C[C@@H](O)COc1ccccc1. The summed E-state index contributed by atoms with van der Waals surface area (Å²) in [6.07, 6.45) is 0.669. The Hall–Kier alpha value is -2.96. The lowest BCUT2D eigenvalue weighted by atomic mass is 10.1. The monoisotopic (exact) mass is 378 g/mol. The van der Waals surface area contributed by atoms with Crippen molar-refractivity contribution in [1.82, 2.24) is 9.55 Å². The van der Waals surface area contributed by atoms with E-state index in [0.717, 1.165) is 11.1 Å². The molecule has 1 N–H and O–H groups in total. The summed E-state index contributed by atoms with van der Waals surface area (Å²) in [6, 6.07) is 19.1. The molecule has 0 amide bonds. The van der Waals surface area contributed by atoms with Gasteiger partial charge in [0.15, 0.2) is 0 Å². The molecule has 27 heavy (non-hydrogen) atoms. The maximum Gasteiger partial charge on any atom is 0.262 e. The Kier molecular flexibility index (Phi) is 5.00. The third-order valence-corrected chi connectivity index (χ3v) is 5.12. The van der Waals surface area contributed by atoms with E-state index in [4.69, 9.17) is 4.74 Å². The van der Waals surface area contributed by atoms with Gasteiger partial charge >= 0.3 is 0 Å². The minimum absolute atomic E-state index is 0.101. The zero-order valence-electron chi connectivity index (χ0n) is 14.5. The molecule has 0 fully saturated rings. The Morgan fingerprint density at radius 2 is 1.78 bits per heavy atom. The first kappa shape index (κ1) is 17.5. The highest BCUT2D eigenvalue weighted by Gasteiger charge is 2.15. The van der Waals surface area contributed by atoms with Gasteiger partial charge in [-0.1, -0.05) is 48.5 Å². The summed E-state index contributed by atoms with van der Waals surface area (Å²) in [5.74, 6) is 0.682. The highest BCUT2D eigenvalue weighted by Crippen LogP contribution is 2.30. The molecule has 0 saturated carbocycles. The minimum atomic E-state index is -0.819. The molecule has 4 aromatic rings. The van der Waals surface area contributed by atoms with Crippen LogP contribution in [-0.2, 0) is 6.54 Å². The van der Waals surface area contributed by atoms with Crippen LogP contribution in [0.2, 0.25) is 0 Å². The fourth-order valence-corrected chi connectivity index (χ4v) is 3.82. The maximum absolute atomic E-state index is 13.0. The van der Waals surface area contributed by atoms with Gasteiger partial charge in [0.25, 0.3) is 5.56 Å². The second-order valence-electron chi connectivity index (χ2n) is 6.18. The Balaban J connectivity index is 1.57. The Labute approximate surface area is 160 Å². The number of aliphatic hydroxyl groups is 1. The van der Waals surface area contributed by atoms with Gasteiger partial charge in [-0.15, -0.1) is 11.3 Å². The molecule has 6 heteroatoms. The first-order valence-electron chi connectivity index (χ1n) is 8.60. The van der Waals surface area contributed by atoms with E-state index in [9.17, 15) is 9.90 Å². The molecule has 0 aliphatic heterocycles. The quantitative estimate of drug-likeness (QED) is 0.557. The molecule has 1 atom stereocenters. The van der Waals surface area contributed by atoms with Crippen LogP contribution in [0.5, 0.6) is 5.75 Å². The summed E-state index contributed by atoms with van der Waals surface area (Å²) in [4.78, 5) is 18.1. The molecule has 0 spiro atoms. The number of aliphatic hydroxyl groups excluding tert-OH is 1. The van der Waals surface area contributed by atoms with E-state index in [1.807, 2.05) is 66.0 Å². The van der Waals surface area contributed by atoms with Crippen molar-refractivity contribution >= 4 is 21.6 Å². The second-order valence-corrected chi connectivity index (χ2v) is 7.03. The van der Waals surface area contributed by atoms with Gasteiger partial charge in [0.05, 0.1) is 18.3 Å². The minimum Gasteiger partial charge on any atom is -0.491 e. The van der Waals surface area contributed by atoms with E-state index in [0.29, 0.717) is 16.0 Å². The van der Waals surface area contributed by atoms with Crippen LogP contribution in [0.1, 0.15) is 0 Å². The van der Waals surface area contributed by atoms with Crippen LogP contribution in [0.4, 0.5) is 0 Å². The molecule has 5 nitrogen and oxygen atoms in total. The van der Waals surface area contributed by atoms with Gasteiger partial charge in [0.2, 0.25) is 0 Å². The molecule has 136 valence electrons. The van der Waals surface area contributed by atoms with Gasteiger partial charge < -0.3 is 9.84 Å². The maximum atomic E-state index is 13.0. The van der Waals surface area contributed by atoms with Crippen LogP contribution >= 0.6 is 11.3 Å². The van der Waals surface area contributed by atoms with Crippen molar-refractivity contribution in [3.05, 3.63) is 82.7 Å². The number of nitrogens with zero attached hydrogens (tertiary/aromatic N) is 2. The lowest BCUT2D eigenvalue weighted by molar-refractivity contribution is 0.0915. The second kappa shape index (κ2) is 7.73. The summed E-state index contributed by atoms with van der Waals surface area (Å²) in [6.45, 7) is 0.225. The third-order valence-electron chi connectivity index (χ3n) is 4.24. The molecule has 0 unspecified atom stereocenters. The van der Waals surface area contributed by atoms with Gasteiger partial charge in [0.1, 0.15) is 23.3 Å². The largest absolute Gasteiger partial charge is 0.491 e. The molecule has 0 saturated heterocycles. The molecule has 0 bridgehead atoms. The lowest BCUT2D eigenvalue weighted by Gasteiger charge is -2.14. The predicted molar refractivity (Wildman–Crippen MR) is 107 cm³/mol. The van der Waals surface area contributed by atoms with Gasteiger partial charge in [-0.3, -0.25) is 9.36 Å². The summed E-state index contributed by atoms with van der Waals surface area (Å²) in [5.41, 5.74) is 1.70. The fraction of sp³-hybridized carbons (Fsp3) is 0.143.